The molecule has 0 radical (unpaired) electrons. The Balaban J connectivity index is 2.29. The monoisotopic (exact) mass is 244 g/mol. The van der Waals surface area contributed by atoms with Gasteiger partial charge in [-0.1, -0.05) is 20.8 Å². The van der Waals surface area contributed by atoms with Gasteiger partial charge in [-0.05, 0) is 25.7 Å². The van der Waals surface area contributed by atoms with Crippen molar-refractivity contribution in [3.05, 3.63) is 0 Å². The van der Waals surface area contributed by atoms with Gasteiger partial charge in [0.1, 0.15) is 0 Å². The lowest BCUT2D eigenvalue weighted by Gasteiger charge is -2.35. The van der Waals surface area contributed by atoms with Crippen molar-refractivity contribution >= 4 is 11.8 Å². The largest absolute Gasteiger partial charge is 0.311 e. The standard InChI is InChI=1S/C13H28N2S/c1-12(2,3)10-13(4,5)15-8-11-9-16-7-6-14-11/h11,14-15H,6-10H2,1-5H3. The highest BCUT2D eigenvalue weighted by molar-refractivity contribution is 7.99. The molecule has 1 heterocycles. The van der Waals surface area contributed by atoms with Crippen LogP contribution in [0.3, 0.4) is 0 Å². The molecule has 3 heteroatoms. The van der Waals surface area contributed by atoms with Crippen molar-refractivity contribution in [2.24, 2.45) is 5.41 Å². The second-order valence-corrected chi connectivity index (χ2v) is 7.88. The van der Waals surface area contributed by atoms with Crippen LogP contribution in [0.4, 0.5) is 0 Å². The molecule has 0 spiro atoms. The molecule has 1 fully saturated rings. The van der Waals surface area contributed by atoms with E-state index in [9.17, 15) is 0 Å². The van der Waals surface area contributed by atoms with Crippen molar-refractivity contribution < 1.29 is 0 Å². The highest BCUT2D eigenvalue weighted by atomic mass is 32.2. The van der Waals surface area contributed by atoms with E-state index in [1.807, 2.05) is 0 Å². The molecule has 96 valence electrons. The Bertz CT molecular complexity index is 202. The topological polar surface area (TPSA) is 24.1 Å². The van der Waals surface area contributed by atoms with Crippen LogP contribution in [-0.2, 0) is 0 Å². The number of rotatable bonds is 4. The summed E-state index contributed by atoms with van der Waals surface area (Å²) in [7, 11) is 0. The van der Waals surface area contributed by atoms with E-state index < -0.39 is 0 Å². The lowest BCUT2D eigenvalue weighted by atomic mass is 9.82. The summed E-state index contributed by atoms with van der Waals surface area (Å²) < 4.78 is 0. The second kappa shape index (κ2) is 5.74. The average molecular weight is 244 g/mol. The Labute approximate surface area is 105 Å². The molecule has 1 aliphatic rings. The zero-order valence-electron chi connectivity index (χ0n) is 11.5. The Morgan fingerprint density at radius 1 is 1.25 bits per heavy atom. The van der Waals surface area contributed by atoms with E-state index in [4.69, 9.17) is 0 Å². The summed E-state index contributed by atoms with van der Waals surface area (Å²) in [4.78, 5) is 0. The van der Waals surface area contributed by atoms with Crippen LogP contribution in [0.25, 0.3) is 0 Å². The predicted molar refractivity (Wildman–Crippen MR) is 75.3 cm³/mol. The minimum atomic E-state index is 0.238. The fourth-order valence-corrected chi connectivity index (χ4v) is 3.49. The SMILES string of the molecule is CC(C)(C)CC(C)(C)NCC1CSCCN1. The molecule has 1 unspecified atom stereocenters. The lowest BCUT2D eigenvalue weighted by Crippen LogP contribution is -2.51. The summed E-state index contributed by atoms with van der Waals surface area (Å²) >= 11 is 2.06. The van der Waals surface area contributed by atoms with E-state index in [-0.39, 0.29) is 5.54 Å². The van der Waals surface area contributed by atoms with Crippen LogP contribution >= 0.6 is 11.8 Å². The lowest BCUT2D eigenvalue weighted by molar-refractivity contribution is 0.237. The van der Waals surface area contributed by atoms with Crippen molar-refractivity contribution in [1.82, 2.24) is 10.6 Å². The van der Waals surface area contributed by atoms with Crippen molar-refractivity contribution in [3.8, 4) is 0 Å². The summed E-state index contributed by atoms with van der Waals surface area (Å²) in [6.07, 6.45) is 1.21. The summed E-state index contributed by atoms with van der Waals surface area (Å²) in [5.41, 5.74) is 0.632. The minimum Gasteiger partial charge on any atom is -0.311 e. The van der Waals surface area contributed by atoms with Gasteiger partial charge in [0.2, 0.25) is 0 Å². The predicted octanol–water partition coefficient (Wildman–Crippen LogP) is 2.50. The molecule has 1 atom stereocenters. The van der Waals surface area contributed by atoms with E-state index in [0.717, 1.165) is 13.1 Å². The van der Waals surface area contributed by atoms with Gasteiger partial charge in [0, 0.05) is 36.2 Å². The van der Waals surface area contributed by atoms with Crippen LogP contribution in [0.15, 0.2) is 0 Å². The maximum atomic E-state index is 3.71. The van der Waals surface area contributed by atoms with Crippen LogP contribution in [0.1, 0.15) is 41.0 Å². The minimum absolute atomic E-state index is 0.238. The van der Waals surface area contributed by atoms with Gasteiger partial charge in [0.25, 0.3) is 0 Å². The molecule has 0 aromatic rings. The van der Waals surface area contributed by atoms with Crippen molar-refractivity contribution in [2.75, 3.05) is 24.6 Å². The van der Waals surface area contributed by atoms with E-state index in [1.54, 1.807) is 0 Å². The van der Waals surface area contributed by atoms with E-state index in [0.29, 0.717) is 11.5 Å². The van der Waals surface area contributed by atoms with Crippen LogP contribution in [0, 0.1) is 5.41 Å². The van der Waals surface area contributed by atoms with Crippen LogP contribution in [0.2, 0.25) is 0 Å². The summed E-state index contributed by atoms with van der Waals surface area (Å²) in [6.45, 7) is 13.8. The van der Waals surface area contributed by atoms with E-state index in [1.165, 1.54) is 17.9 Å². The molecular formula is C13H28N2S. The third-order valence-corrected chi connectivity index (χ3v) is 3.93. The van der Waals surface area contributed by atoms with Crippen LogP contribution in [-0.4, -0.2) is 36.2 Å². The quantitative estimate of drug-likeness (QED) is 0.794. The zero-order chi connectivity index (χ0) is 12.2. The molecule has 0 amide bonds. The van der Waals surface area contributed by atoms with Crippen molar-refractivity contribution in [3.63, 3.8) is 0 Å². The van der Waals surface area contributed by atoms with Gasteiger partial charge < -0.3 is 10.6 Å². The molecule has 0 aliphatic carbocycles. The highest BCUT2D eigenvalue weighted by Crippen LogP contribution is 2.26. The average Bonchev–Trinajstić information content (AvgIpc) is 2.13. The molecule has 1 saturated heterocycles. The molecule has 0 aromatic carbocycles. The molecule has 1 aliphatic heterocycles. The number of hydrogen-bond donors (Lipinski definition) is 2. The first kappa shape index (κ1) is 14.3. The van der Waals surface area contributed by atoms with Crippen LogP contribution < -0.4 is 10.6 Å². The van der Waals surface area contributed by atoms with Gasteiger partial charge in [-0.3, -0.25) is 0 Å². The van der Waals surface area contributed by atoms with E-state index >= 15 is 0 Å². The molecule has 16 heavy (non-hydrogen) atoms. The Morgan fingerprint density at radius 2 is 1.94 bits per heavy atom. The first-order valence-electron chi connectivity index (χ1n) is 6.35. The molecule has 2 N–H and O–H groups in total. The Kier molecular flexibility index (Phi) is 5.14. The number of hydrogen-bond acceptors (Lipinski definition) is 3. The highest BCUT2D eigenvalue weighted by Gasteiger charge is 2.26. The fourth-order valence-electron chi connectivity index (χ4n) is 2.54. The van der Waals surface area contributed by atoms with Gasteiger partial charge in [0.15, 0.2) is 0 Å². The second-order valence-electron chi connectivity index (χ2n) is 6.73. The summed E-state index contributed by atoms with van der Waals surface area (Å²) in [6, 6.07) is 0.651. The third-order valence-electron chi connectivity index (χ3n) is 2.80. The first-order chi connectivity index (χ1) is 7.29. The molecule has 2 nitrogen and oxygen atoms in total. The van der Waals surface area contributed by atoms with Gasteiger partial charge in [-0.15, -0.1) is 0 Å². The maximum absolute atomic E-state index is 3.71. The molecular weight excluding hydrogens is 216 g/mol. The smallest absolute Gasteiger partial charge is 0.0283 e. The molecule has 0 aromatic heterocycles. The Hall–Kier alpha value is 0.270. The zero-order valence-corrected chi connectivity index (χ0v) is 12.3. The maximum Gasteiger partial charge on any atom is 0.0283 e. The Morgan fingerprint density at radius 3 is 2.44 bits per heavy atom. The third kappa shape index (κ3) is 6.12. The molecule has 0 saturated carbocycles. The summed E-state index contributed by atoms with van der Waals surface area (Å²) in [5.74, 6) is 2.51. The first-order valence-corrected chi connectivity index (χ1v) is 7.50. The fraction of sp³-hybridized carbons (Fsp3) is 1.00. The van der Waals surface area contributed by atoms with Gasteiger partial charge in [-0.25, -0.2) is 0 Å². The van der Waals surface area contributed by atoms with Gasteiger partial charge in [0.05, 0.1) is 0 Å². The number of thioether (sulfide) groups is 1. The number of nitrogens with one attached hydrogen (secondary N) is 2. The molecule has 1 rings (SSSR count). The van der Waals surface area contributed by atoms with Crippen molar-refractivity contribution in [2.45, 2.75) is 52.6 Å². The van der Waals surface area contributed by atoms with E-state index in [2.05, 4.69) is 57.0 Å². The summed E-state index contributed by atoms with van der Waals surface area (Å²) in [5, 5.41) is 7.28. The van der Waals surface area contributed by atoms with Crippen molar-refractivity contribution in [1.29, 1.82) is 0 Å². The molecule has 0 bridgehead atoms. The van der Waals surface area contributed by atoms with Gasteiger partial charge in [-0.2, -0.15) is 11.8 Å². The normalized spacial score (nSPS) is 23.4. The van der Waals surface area contributed by atoms with Crippen LogP contribution in [0.5, 0.6) is 0 Å². The van der Waals surface area contributed by atoms with Gasteiger partial charge >= 0.3 is 0 Å².